The van der Waals surface area contributed by atoms with Gasteiger partial charge in [-0.3, -0.25) is 4.84 Å². The van der Waals surface area contributed by atoms with Crippen LogP contribution in [0.2, 0.25) is 5.02 Å². The van der Waals surface area contributed by atoms with Crippen molar-refractivity contribution >= 4 is 11.6 Å². The number of rotatable bonds is 4. The Kier molecular flexibility index (Phi) is 4.84. The van der Waals surface area contributed by atoms with Crippen LogP contribution < -0.4 is 0 Å². The van der Waals surface area contributed by atoms with Gasteiger partial charge >= 0.3 is 0 Å². The summed E-state index contributed by atoms with van der Waals surface area (Å²) < 4.78 is 0. The lowest BCUT2D eigenvalue weighted by Crippen LogP contribution is -2.34. The zero-order chi connectivity index (χ0) is 12.1. The second-order valence-electron chi connectivity index (χ2n) is 4.61. The van der Waals surface area contributed by atoms with Crippen LogP contribution in [0.3, 0.4) is 0 Å². The normalized spacial score (nSPS) is 21.6. The largest absolute Gasteiger partial charge is 0.299 e. The molecule has 1 saturated heterocycles. The first-order valence-corrected chi connectivity index (χ1v) is 6.80. The minimum atomic E-state index is 0.581. The summed E-state index contributed by atoms with van der Waals surface area (Å²) in [4.78, 5) is 5.71. The van der Waals surface area contributed by atoms with Crippen molar-refractivity contribution in [3.8, 4) is 0 Å². The van der Waals surface area contributed by atoms with Gasteiger partial charge in [-0.2, -0.15) is 5.06 Å². The molecule has 1 aromatic carbocycles. The number of hydrogen-bond acceptors (Lipinski definition) is 2. The number of benzene rings is 1. The highest BCUT2D eigenvalue weighted by Gasteiger charge is 2.21. The number of nitrogens with zero attached hydrogens (tertiary/aromatic N) is 1. The fraction of sp³-hybridized carbons (Fsp3) is 0.571. The van der Waals surface area contributed by atoms with Crippen molar-refractivity contribution in [2.24, 2.45) is 0 Å². The lowest BCUT2D eigenvalue weighted by atomic mass is 9.91. The van der Waals surface area contributed by atoms with Gasteiger partial charge in [0.1, 0.15) is 0 Å². The molecular formula is C14H20ClNO. The first-order valence-electron chi connectivity index (χ1n) is 6.43. The molecule has 1 aliphatic heterocycles. The fourth-order valence-electron chi connectivity index (χ4n) is 2.29. The predicted molar refractivity (Wildman–Crippen MR) is 71.2 cm³/mol. The monoisotopic (exact) mass is 253 g/mol. The van der Waals surface area contributed by atoms with Gasteiger partial charge in [-0.05, 0) is 42.9 Å². The van der Waals surface area contributed by atoms with Crippen LogP contribution in [-0.4, -0.2) is 24.8 Å². The summed E-state index contributed by atoms with van der Waals surface area (Å²) in [6.45, 7) is 5.03. The van der Waals surface area contributed by atoms with Gasteiger partial charge in [0.2, 0.25) is 0 Å². The Balaban J connectivity index is 1.94. The minimum absolute atomic E-state index is 0.581. The van der Waals surface area contributed by atoms with E-state index in [0.29, 0.717) is 5.92 Å². The molecule has 1 fully saturated rings. The van der Waals surface area contributed by atoms with Crippen molar-refractivity contribution in [2.45, 2.75) is 32.1 Å². The maximum Gasteiger partial charge on any atom is 0.0682 e. The van der Waals surface area contributed by atoms with Crippen molar-refractivity contribution in [1.82, 2.24) is 5.06 Å². The lowest BCUT2D eigenvalue weighted by Gasteiger charge is -2.32. The van der Waals surface area contributed by atoms with E-state index in [9.17, 15) is 0 Å². The van der Waals surface area contributed by atoms with E-state index in [0.717, 1.165) is 31.1 Å². The highest BCUT2D eigenvalue weighted by molar-refractivity contribution is 6.30. The summed E-state index contributed by atoms with van der Waals surface area (Å²) in [5.41, 5.74) is 1.37. The summed E-state index contributed by atoms with van der Waals surface area (Å²) in [5.74, 6) is 0.581. The molecule has 0 bridgehead atoms. The van der Waals surface area contributed by atoms with E-state index >= 15 is 0 Å². The van der Waals surface area contributed by atoms with Gasteiger partial charge in [0, 0.05) is 18.1 Å². The lowest BCUT2D eigenvalue weighted by molar-refractivity contribution is -0.171. The van der Waals surface area contributed by atoms with Crippen LogP contribution in [-0.2, 0) is 4.84 Å². The van der Waals surface area contributed by atoms with Crippen LogP contribution >= 0.6 is 11.6 Å². The molecule has 2 nitrogen and oxygen atoms in total. The number of halogens is 1. The van der Waals surface area contributed by atoms with Crippen molar-refractivity contribution in [2.75, 3.05) is 19.7 Å². The van der Waals surface area contributed by atoms with Gasteiger partial charge in [0.25, 0.3) is 0 Å². The molecule has 0 N–H and O–H groups in total. The van der Waals surface area contributed by atoms with Gasteiger partial charge < -0.3 is 0 Å². The molecule has 0 amide bonds. The van der Waals surface area contributed by atoms with E-state index in [1.807, 2.05) is 12.1 Å². The maximum absolute atomic E-state index is 5.91. The molecule has 0 aliphatic carbocycles. The Morgan fingerprint density at radius 2 is 2.12 bits per heavy atom. The van der Waals surface area contributed by atoms with Crippen molar-refractivity contribution in [3.63, 3.8) is 0 Å². The highest BCUT2D eigenvalue weighted by Crippen LogP contribution is 2.27. The van der Waals surface area contributed by atoms with Crippen LogP contribution in [0.4, 0.5) is 0 Å². The summed E-state index contributed by atoms with van der Waals surface area (Å²) in [7, 11) is 0. The second-order valence-corrected chi connectivity index (χ2v) is 5.05. The highest BCUT2D eigenvalue weighted by atomic mass is 35.5. The van der Waals surface area contributed by atoms with Gasteiger partial charge in [0.05, 0.1) is 6.61 Å². The standard InChI is InChI=1S/C14H20ClNO/c1-2-10-17-16-9-3-4-13(11-16)12-5-7-14(15)8-6-12/h5-8,13H,2-4,9-11H2,1H3. The average Bonchev–Trinajstić information content (AvgIpc) is 2.37. The van der Waals surface area contributed by atoms with E-state index in [4.69, 9.17) is 16.4 Å². The first-order chi connectivity index (χ1) is 8.29. The Hall–Kier alpha value is -0.570. The van der Waals surface area contributed by atoms with Crippen LogP contribution in [0.5, 0.6) is 0 Å². The molecule has 0 spiro atoms. The van der Waals surface area contributed by atoms with Crippen molar-refractivity contribution < 1.29 is 4.84 Å². The number of hydrogen-bond donors (Lipinski definition) is 0. The molecule has 0 aromatic heterocycles. The zero-order valence-electron chi connectivity index (χ0n) is 10.4. The zero-order valence-corrected chi connectivity index (χ0v) is 11.1. The van der Waals surface area contributed by atoms with E-state index in [-0.39, 0.29) is 0 Å². The molecule has 1 atom stereocenters. The third-order valence-electron chi connectivity index (χ3n) is 3.20. The molecule has 0 saturated carbocycles. The van der Waals surface area contributed by atoms with E-state index in [2.05, 4.69) is 24.1 Å². The van der Waals surface area contributed by atoms with E-state index in [1.54, 1.807) is 0 Å². The van der Waals surface area contributed by atoms with E-state index < -0.39 is 0 Å². The second kappa shape index (κ2) is 6.39. The molecule has 1 heterocycles. The van der Waals surface area contributed by atoms with E-state index in [1.165, 1.54) is 18.4 Å². The summed E-state index contributed by atoms with van der Waals surface area (Å²) >= 11 is 5.91. The smallest absolute Gasteiger partial charge is 0.0682 e. The molecule has 1 unspecified atom stereocenters. The minimum Gasteiger partial charge on any atom is -0.299 e. The number of piperidine rings is 1. The summed E-state index contributed by atoms with van der Waals surface area (Å²) in [6.07, 6.45) is 3.52. The van der Waals surface area contributed by atoms with Gasteiger partial charge in [-0.1, -0.05) is 30.7 Å². The Morgan fingerprint density at radius 3 is 2.82 bits per heavy atom. The summed E-state index contributed by atoms with van der Waals surface area (Å²) in [5, 5.41) is 2.93. The topological polar surface area (TPSA) is 12.5 Å². The Morgan fingerprint density at radius 1 is 1.35 bits per heavy atom. The molecule has 3 heteroatoms. The molecule has 1 aromatic rings. The van der Waals surface area contributed by atoms with Gasteiger partial charge in [-0.25, -0.2) is 0 Å². The van der Waals surface area contributed by atoms with Gasteiger partial charge in [0.15, 0.2) is 0 Å². The van der Waals surface area contributed by atoms with Crippen molar-refractivity contribution in [3.05, 3.63) is 34.9 Å². The molecular weight excluding hydrogens is 234 g/mol. The Bertz CT molecular complexity index is 339. The third kappa shape index (κ3) is 3.70. The quantitative estimate of drug-likeness (QED) is 0.808. The Labute approximate surface area is 108 Å². The SMILES string of the molecule is CCCON1CCCC(c2ccc(Cl)cc2)C1. The average molecular weight is 254 g/mol. The third-order valence-corrected chi connectivity index (χ3v) is 3.46. The molecule has 1 aliphatic rings. The van der Waals surface area contributed by atoms with Crippen LogP contribution in [0.25, 0.3) is 0 Å². The number of hydroxylamine groups is 2. The van der Waals surface area contributed by atoms with Gasteiger partial charge in [-0.15, -0.1) is 0 Å². The van der Waals surface area contributed by atoms with Crippen molar-refractivity contribution in [1.29, 1.82) is 0 Å². The molecule has 2 rings (SSSR count). The maximum atomic E-state index is 5.91. The summed E-state index contributed by atoms with van der Waals surface area (Å²) in [6, 6.07) is 8.22. The first kappa shape index (κ1) is 12.9. The van der Waals surface area contributed by atoms with Crippen LogP contribution in [0.1, 0.15) is 37.7 Å². The fourth-order valence-corrected chi connectivity index (χ4v) is 2.41. The molecule has 17 heavy (non-hydrogen) atoms. The molecule has 0 radical (unpaired) electrons. The van der Waals surface area contributed by atoms with Crippen LogP contribution in [0, 0.1) is 0 Å². The molecule has 94 valence electrons. The predicted octanol–water partition coefficient (Wildman–Crippen LogP) is 3.86. The van der Waals surface area contributed by atoms with Crippen LogP contribution in [0.15, 0.2) is 24.3 Å².